The van der Waals surface area contributed by atoms with Gasteiger partial charge in [0.25, 0.3) is 0 Å². The number of carbonyl (C=O) groups is 5. The first-order valence-corrected chi connectivity index (χ1v) is 39.0. The molecule has 9 rings (SSSR count). The molecule has 2 spiro atoms. The van der Waals surface area contributed by atoms with Gasteiger partial charge in [0, 0.05) is 57.8 Å². The van der Waals surface area contributed by atoms with Crippen LogP contribution in [0.3, 0.4) is 0 Å². The Morgan fingerprint density at radius 2 is 0.971 bits per heavy atom. The highest BCUT2D eigenvalue weighted by Gasteiger charge is 2.46. The fourth-order valence-corrected chi connectivity index (χ4v) is 15.5. The summed E-state index contributed by atoms with van der Waals surface area (Å²) in [7, 11) is 0. The molecule has 1 aliphatic carbocycles. The van der Waals surface area contributed by atoms with Gasteiger partial charge in [-0.1, -0.05) is 114 Å². The van der Waals surface area contributed by atoms with Crippen LogP contribution in [-0.2, 0) is 52.3 Å². The summed E-state index contributed by atoms with van der Waals surface area (Å²) in [4.78, 5) is 60.9. The van der Waals surface area contributed by atoms with Crippen molar-refractivity contribution in [3.63, 3.8) is 0 Å². The molecule has 6 fully saturated rings. The molecular weight excluding hydrogens is 1290 g/mol. The van der Waals surface area contributed by atoms with Gasteiger partial charge in [0.2, 0.25) is 17.7 Å². The number of fused-ring (bicyclic) bond motifs is 3. The van der Waals surface area contributed by atoms with E-state index in [1.807, 2.05) is 48.6 Å². The number of alkyl carbamates (subject to hydrolysis) is 1. The van der Waals surface area contributed by atoms with Crippen LogP contribution in [-0.4, -0.2) is 151 Å². The van der Waals surface area contributed by atoms with Gasteiger partial charge in [-0.15, -0.1) is 26.3 Å². The summed E-state index contributed by atoms with van der Waals surface area (Å²) in [6, 6.07) is 16.3. The van der Waals surface area contributed by atoms with Crippen LogP contribution >= 0.6 is 0 Å². The smallest absolute Gasteiger partial charge is 0.407 e. The number of carbonyl (C=O) groups excluding carboxylic acids is 4. The Morgan fingerprint density at radius 1 is 0.539 bits per heavy atom. The van der Waals surface area contributed by atoms with Crippen molar-refractivity contribution in [1.82, 2.24) is 21.3 Å². The van der Waals surface area contributed by atoms with E-state index in [-0.39, 0.29) is 105 Å². The first kappa shape index (κ1) is 83.5. The van der Waals surface area contributed by atoms with Gasteiger partial charge in [-0.05, 0) is 187 Å². The molecular formula is C83H128N4O15. The average molecular weight is 1420 g/mol. The zero-order chi connectivity index (χ0) is 73.6. The molecule has 4 amide bonds. The van der Waals surface area contributed by atoms with Crippen LogP contribution in [0, 0.1) is 35.5 Å². The van der Waals surface area contributed by atoms with Crippen LogP contribution in [0.2, 0.25) is 0 Å². The monoisotopic (exact) mass is 1420 g/mol. The molecule has 18 atom stereocenters. The van der Waals surface area contributed by atoms with Crippen molar-refractivity contribution >= 4 is 29.8 Å². The fraction of sp³-hybridized carbons (Fsp3) is 0.699. The Bertz CT molecular complexity index is 2900. The van der Waals surface area contributed by atoms with Gasteiger partial charge >= 0.3 is 12.1 Å². The first-order chi connectivity index (χ1) is 49.1. The molecule has 0 saturated carbocycles. The number of aliphatic hydroxyl groups excluding tert-OH is 2. The minimum atomic E-state index is -1.04. The van der Waals surface area contributed by atoms with Crippen molar-refractivity contribution in [2.75, 3.05) is 32.8 Å². The second-order valence-corrected chi connectivity index (χ2v) is 30.6. The van der Waals surface area contributed by atoms with Crippen LogP contribution in [0.25, 0.3) is 11.1 Å². The number of aliphatic carboxylic acids is 1. The maximum atomic E-state index is 12.8. The van der Waals surface area contributed by atoms with Crippen molar-refractivity contribution in [3.8, 4) is 11.1 Å². The van der Waals surface area contributed by atoms with E-state index in [4.69, 9.17) is 38.3 Å². The molecule has 2 aromatic carbocycles. The summed E-state index contributed by atoms with van der Waals surface area (Å²) < 4.78 is 43.7. The molecule has 102 heavy (non-hydrogen) atoms. The topological polar surface area (TPSA) is 259 Å². The predicted molar refractivity (Wildman–Crippen MR) is 399 cm³/mol. The normalized spacial score (nSPS) is 28.6. The summed E-state index contributed by atoms with van der Waals surface area (Å²) in [5.74, 6) is -1.79. The summed E-state index contributed by atoms with van der Waals surface area (Å²) in [5.41, 5.74) is 4.59. The molecule has 2 aromatic rings. The van der Waals surface area contributed by atoms with E-state index >= 15 is 0 Å². The number of rotatable bonds is 34. The van der Waals surface area contributed by atoms with Gasteiger partial charge < -0.3 is 69.7 Å². The van der Waals surface area contributed by atoms with Crippen LogP contribution in [0.1, 0.15) is 238 Å². The largest absolute Gasteiger partial charge is 0.481 e. The molecule has 7 aliphatic rings. The van der Waals surface area contributed by atoms with Crippen LogP contribution in [0.15, 0.2) is 99.2 Å². The van der Waals surface area contributed by atoms with Crippen molar-refractivity contribution in [2.45, 2.75) is 300 Å². The average Bonchev–Trinajstić information content (AvgIpc) is 1.36. The van der Waals surface area contributed by atoms with Crippen LogP contribution in [0.4, 0.5) is 4.79 Å². The second-order valence-electron chi connectivity index (χ2n) is 30.6. The molecule has 19 nitrogen and oxygen atoms in total. The maximum Gasteiger partial charge on any atom is 0.407 e. The predicted octanol–water partition coefficient (Wildman–Crippen LogP) is 14.7. The Labute approximate surface area is 610 Å². The van der Waals surface area contributed by atoms with Crippen molar-refractivity contribution < 1.29 is 72.5 Å². The summed E-state index contributed by atoms with van der Waals surface area (Å²) in [5, 5.41) is 41.1. The molecule has 570 valence electrons. The lowest BCUT2D eigenvalue weighted by molar-refractivity contribution is -0.324. The van der Waals surface area contributed by atoms with Gasteiger partial charge in [-0.2, -0.15) is 0 Å². The molecule has 0 aromatic heterocycles. The van der Waals surface area contributed by atoms with Gasteiger partial charge in [-0.3, -0.25) is 19.2 Å². The lowest BCUT2D eigenvalue weighted by Gasteiger charge is -2.48. The zero-order valence-electron chi connectivity index (χ0n) is 62.6. The molecule has 0 bridgehead atoms. The molecule has 6 saturated heterocycles. The summed E-state index contributed by atoms with van der Waals surface area (Å²) in [6.07, 6.45) is 31.7. The molecule has 4 unspecified atom stereocenters. The Kier molecular flexibility index (Phi) is 35.2. The summed E-state index contributed by atoms with van der Waals surface area (Å²) >= 11 is 0. The number of benzene rings is 2. The van der Waals surface area contributed by atoms with Crippen molar-refractivity contribution in [2.24, 2.45) is 35.5 Å². The third-order valence-corrected chi connectivity index (χ3v) is 22.4. The van der Waals surface area contributed by atoms with Gasteiger partial charge in [0.1, 0.15) is 6.61 Å². The number of carboxylic acids is 1. The highest BCUT2D eigenvalue weighted by atomic mass is 16.7. The maximum absolute atomic E-state index is 12.8. The number of hydrogen-bond acceptors (Lipinski definition) is 14. The first-order valence-electron chi connectivity index (χ1n) is 39.0. The van der Waals surface area contributed by atoms with Crippen LogP contribution < -0.4 is 21.3 Å². The van der Waals surface area contributed by atoms with Crippen LogP contribution in [0.5, 0.6) is 0 Å². The van der Waals surface area contributed by atoms with E-state index in [1.54, 1.807) is 13.8 Å². The number of hydrogen-bond donors (Lipinski definition) is 7. The highest BCUT2D eigenvalue weighted by molar-refractivity contribution is 5.81. The molecule has 7 N–H and O–H groups in total. The SMILES string of the molecule is C=CC[C@@H]1CCCC(CC(=O)NC[C@H](O)[C@H](C)C(=O)NCCC[C@H]2O[C@@]3(CCC[C@@H](CC[C@H](C)C=C)O3)CCC2C)O1.C=CC[C@@H]1CCCC(CC(=O)O)O1.C=C[C@@H](C)CC[C@@H]1CCC[C@]2(CCC(C)[C@@H](CCCNC(=O)[C@@H](C)[C@@H](O)CNC(=O)OCC3c4ccccc4-c4ccccc43)O2)O1. The van der Waals surface area contributed by atoms with E-state index in [0.717, 1.165) is 189 Å². The standard InChI is InChI=1S/C39H54N2O6.C34H58N2O6.C10H16O3/c1-5-26(2)18-19-29-12-10-21-39(46-29)22-20-27(3)36(47-39)17-11-23-40-37(43)28(4)35(42)24-41-38(44)45-25-34-32-15-8-6-13-30(32)31-14-7-9-16-33(31)34;1-6-11-27-12-8-13-29(40-27)22-32(38)36-23-30(37)26(5)33(39)35-21-10-15-31-25(4)18-20-34(42-31)19-9-14-28(41-34)17-16-24(3)7-2;1-2-4-8-5-3-6-9(13-8)7-10(11)12/h5-9,13-16,26-29,34-36,42H,1,10-12,17-25H2,2-4H3,(H,40,43)(H,41,44);6-7,24-31,37H,1-2,8-23H2,3-5H3,(H,35,39)(H,36,38);2,8-9H,1,3-7H2,(H,11,12)/t26-,27?,28+,29+,35+,36-,39+;24-,25?,26+,27-,28+,29?,30+,31-,34+;8-,9?/m111/s1. The minimum absolute atomic E-state index is 0.0409. The lowest BCUT2D eigenvalue weighted by Crippen LogP contribution is -2.50. The van der Waals surface area contributed by atoms with E-state index in [9.17, 15) is 34.2 Å². The number of carboxylic acid groups (broad SMARTS) is 1. The second kappa shape index (κ2) is 43.0. The molecule has 6 aliphatic heterocycles. The fourth-order valence-electron chi connectivity index (χ4n) is 15.5. The van der Waals surface area contributed by atoms with Gasteiger partial charge in [0.05, 0.1) is 85.7 Å². The quantitative estimate of drug-likeness (QED) is 0.0254. The zero-order valence-corrected chi connectivity index (χ0v) is 62.6. The Hall–Kier alpha value is -5.77. The number of amides is 4. The van der Waals surface area contributed by atoms with Gasteiger partial charge in [0.15, 0.2) is 11.6 Å². The van der Waals surface area contributed by atoms with E-state index in [1.165, 1.54) is 0 Å². The van der Waals surface area contributed by atoms with E-state index in [2.05, 4.69) is 99.5 Å². The highest BCUT2D eigenvalue weighted by Crippen LogP contribution is 2.47. The number of allylic oxidation sites excluding steroid dienone is 2. The number of aliphatic hydroxyl groups is 2. The molecule has 0 radical (unpaired) electrons. The van der Waals surface area contributed by atoms with E-state index in [0.29, 0.717) is 36.8 Å². The molecule has 6 heterocycles. The third-order valence-electron chi connectivity index (χ3n) is 22.4. The minimum Gasteiger partial charge on any atom is -0.481 e. The third kappa shape index (κ3) is 26.7. The Balaban J connectivity index is 0.000000244. The van der Waals surface area contributed by atoms with Crippen molar-refractivity contribution in [3.05, 3.63) is 110 Å². The number of ether oxygens (including phenoxy) is 7. The summed E-state index contributed by atoms with van der Waals surface area (Å²) in [6.45, 7) is 28.7. The lowest BCUT2D eigenvalue weighted by atomic mass is 9.85. The van der Waals surface area contributed by atoms with Gasteiger partial charge in [-0.25, -0.2) is 4.79 Å². The molecule has 19 heteroatoms. The Morgan fingerprint density at radius 3 is 1.42 bits per heavy atom. The number of nitrogens with one attached hydrogen (secondary N) is 4. The van der Waals surface area contributed by atoms with Crippen molar-refractivity contribution in [1.29, 1.82) is 0 Å². The van der Waals surface area contributed by atoms with E-state index < -0.39 is 47.7 Å².